The predicted octanol–water partition coefficient (Wildman–Crippen LogP) is 3.85. The van der Waals surface area contributed by atoms with Crippen LogP contribution >= 0.6 is 0 Å². The van der Waals surface area contributed by atoms with Gasteiger partial charge >= 0.3 is 0 Å². The molecule has 3 heterocycles. The molecule has 2 aliphatic heterocycles. The predicted molar refractivity (Wildman–Crippen MR) is 151 cm³/mol. The minimum absolute atomic E-state index is 0.127. The number of aliphatic hydroxyl groups excluding tert-OH is 1. The zero-order valence-corrected chi connectivity index (χ0v) is 21.9. The molecule has 8 nitrogen and oxygen atoms in total. The quantitative estimate of drug-likeness (QED) is 0.453. The summed E-state index contributed by atoms with van der Waals surface area (Å²) in [5, 5.41) is 13.3. The Morgan fingerprint density at radius 2 is 1.54 bits per heavy atom. The molecule has 0 spiro atoms. The Morgan fingerprint density at radius 1 is 0.949 bits per heavy atom. The molecule has 8 heteroatoms. The number of aliphatic hydroxyl groups is 1. The van der Waals surface area contributed by atoms with E-state index >= 15 is 0 Å². The highest BCUT2D eigenvalue weighted by Crippen LogP contribution is 2.38. The molecule has 6 rings (SSSR count). The Morgan fingerprint density at radius 3 is 2.10 bits per heavy atom. The van der Waals surface area contributed by atoms with Gasteiger partial charge in [0.1, 0.15) is 23.8 Å². The van der Waals surface area contributed by atoms with Gasteiger partial charge < -0.3 is 21.1 Å². The molecular weight excluding hydrogens is 488 g/mol. The summed E-state index contributed by atoms with van der Waals surface area (Å²) >= 11 is 0. The normalized spacial score (nSPS) is 22.7. The van der Waals surface area contributed by atoms with E-state index in [1.807, 2.05) is 73.1 Å². The number of piperidine rings is 2. The van der Waals surface area contributed by atoms with Crippen LogP contribution in [0, 0.1) is 5.92 Å². The molecule has 1 amide bonds. The van der Waals surface area contributed by atoms with E-state index in [0.29, 0.717) is 17.5 Å². The van der Waals surface area contributed by atoms with E-state index in [2.05, 4.69) is 20.2 Å². The number of nitrogens with zero attached hydrogens (tertiary/aromatic N) is 4. The lowest BCUT2D eigenvalue weighted by atomic mass is 9.87. The number of hydrogen-bond donors (Lipinski definition) is 3. The van der Waals surface area contributed by atoms with Gasteiger partial charge in [0, 0.05) is 42.6 Å². The van der Waals surface area contributed by atoms with Crippen LogP contribution < -0.4 is 16.0 Å². The summed E-state index contributed by atoms with van der Waals surface area (Å²) in [4.78, 5) is 29.1. The summed E-state index contributed by atoms with van der Waals surface area (Å²) < 4.78 is 0. The van der Waals surface area contributed by atoms with Crippen molar-refractivity contribution in [1.82, 2.24) is 15.3 Å². The van der Waals surface area contributed by atoms with Crippen molar-refractivity contribution in [3.8, 4) is 0 Å². The van der Waals surface area contributed by atoms with E-state index in [1.54, 1.807) is 0 Å². The maximum atomic E-state index is 12.5. The van der Waals surface area contributed by atoms with Crippen molar-refractivity contribution in [2.45, 2.75) is 50.2 Å². The summed E-state index contributed by atoms with van der Waals surface area (Å²) in [5.41, 5.74) is 11.3. The first-order valence-electron chi connectivity index (χ1n) is 13.8. The van der Waals surface area contributed by atoms with Gasteiger partial charge in [0.2, 0.25) is 0 Å². The van der Waals surface area contributed by atoms with Crippen LogP contribution in [0.4, 0.5) is 5.69 Å². The molecule has 2 saturated heterocycles. The number of amidine groups is 1. The third-order valence-corrected chi connectivity index (χ3v) is 7.97. The first-order chi connectivity index (χ1) is 19.1. The van der Waals surface area contributed by atoms with Crippen LogP contribution in [0.15, 0.2) is 89.3 Å². The highest BCUT2D eigenvalue weighted by Gasteiger charge is 2.33. The van der Waals surface area contributed by atoms with Gasteiger partial charge in [-0.15, -0.1) is 0 Å². The standard InChI is InChI=1S/C31H34N6O2/c32-27(20-13-15-37(16-14-20)24-18-33-29(34-19-24)23-11-12-23)25-17-26(38)31(39)36-30(25)35-28(21-7-3-1-4-8-21)22-9-5-2-6-10-22/h1-10,18-20,23,26,28,38H,11-17,32H2,(H,35,36,39). The van der Waals surface area contributed by atoms with Crippen LogP contribution in [0.5, 0.6) is 0 Å². The largest absolute Gasteiger partial charge is 0.401 e. The van der Waals surface area contributed by atoms with Crippen molar-refractivity contribution >= 4 is 17.4 Å². The van der Waals surface area contributed by atoms with E-state index in [4.69, 9.17) is 10.7 Å². The van der Waals surface area contributed by atoms with Crippen LogP contribution in [0.2, 0.25) is 0 Å². The molecule has 1 aromatic heterocycles. The van der Waals surface area contributed by atoms with E-state index in [-0.39, 0.29) is 18.4 Å². The van der Waals surface area contributed by atoms with Gasteiger partial charge in [-0.1, -0.05) is 60.7 Å². The van der Waals surface area contributed by atoms with Crippen molar-refractivity contribution in [3.05, 3.63) is 101 Å². The van der Waals surface area contributed by atoms with Crippen molar-refractivity contribution < 1.29 is 9.90 Å². The molecule has 39 heavy (non-hydrogen) atoms. The highest BCUT2D eigenvalue weighted by atomic mass is 16.3. The summed E-state index contributed by atoms with van der Waals surface area (Å²) in [6, 6.07) is 19.7. The Kier molecular flexibility index (Phi) is 7.11. The maximum absolute atomic E-state index is 12.5. The number of allylic oxidation sites excluding steroid dienone is 1. The first kappa shape index (κ1) is 25.2. The lowest BCUT2D eigenvalue weighted by Crippen LogP contribution is -2.47. The van der Waals surface area contributed by atoms with E-state index in [9.17, 15) is 9.90 Å². The zero-order chi connectivity index (χ0) is 26.8. The molecule has 1 aliphatic carbocycles. The minimum atomic E-state index is -1.15. The van der Waals surface area contributed by atoms with Gasteiger partial charge in [0.25, 0.3) is 5.91 Å². The third-order valence-electron chi connectivity index (χ3n) is 7.97. The van der Waals surface area contributed by atoms with E-state index in [1.165, 1.54) is 12.8 Å². The van der Waals surface area contributed by atoms with Crippen LogP contribution in [0.25, 0.3) is 0 Å². The third kappa shape index (κ3) is 5.56. The fraction of sp³-hybridized carbons (Fsp3) is 0.355. The average Bonchev–Trinajstić information content (AvgIpc) is 3.84. The van der Waals surface area contributed by atoms with Gasteiger partial charge in [0.15, 0.2) is 0 Å². The molecule has 3 aromatic rings. The number of carbonyl (C=O) groups is 1. The topological polar surface area (TPSA) is 117 Å². The number of rotatable bonds is 6. The number of hydrogen-bond acceptors (Lipinski definition) is 7. The number of aromatic nitrogens is 2. The molecule has 1 unspecified atom stereocenters. The van der Waals surface area contributed by atoms with Gasteiger partial charge in [-0.05, 0) is 36.8 Å². The minimum Gasteiger partial charge on any atom is -0.401 e. The van der Waals surface area contributed by atoms with E-state index in [0.717, 1.165) is 54.1 Å². The molecule has 4 N–H and O–H groups in total. The summed E-state index contributed by atoms with van der Waals surface area (Å²) in [5.74, 6) is 1.63. The molecule has 3 fully saturated rings. The second kappa shape index (κ2) is 11.0. The van der Waals surface area contributed by atoms with Crippen LogP contribution in [0.1, 0.15) is 61.0 Å². The van der Waals surface area contributed by atoms with Gasteiger partial charge in [0.05, 0.1) is 18.1 Å². The molecule has 2 aromatic carbocycles. The van der Waals surface area contributed by atoms with Crippen LogP contribution in [-0.4, -0.2) is 46.0 Å². The molecule has 0 radical (unpaired) electrons. The Labute approximate surface area is 228 Å². The lowest BCUT2D eigenvalue weighted by molar-refractivity contribution is -0.128. The van der Waals surface area contributed by atoms with Crippen LogP contribution in [0.3, 0.4) is 0 Å². The Balaban J connectivity index is 1.26. The second-order valence-corrected chi connectivity index (χ2v) is 10.7. The van der Waals surface area contributed by atoms with E-state index < -0.39 is 12.0 Å². The lowest BCUT2D eigenvalue weighted by Gasteiger charge is -2.35. The molecule has 1 saturated carbocycles. The number of benzene rings is 2. The van der Waals surface area contributed by atoms with Crippen molar-refractivity contribution in [2.75, 3.05) is 18.0 Å². The number of anilines is 1. The maximum Gasteiger partial charge on any atom is 0.254 e. The van der Waals surface area contributed by atoms with Gasteiger partial charge in [-0.25, -0.2) is 9.97 Å². The Hall–Kier alpha value is -4.04. The SMILES string of the molecule is NC(=C1CC(O)C(=O)NC1=NC(c1ccccc1)c1ccccc1)C1CCN(c2cnc(C3CC3)nc2)CC1. The monoisotopic (exact) mass is 522 g/mol. The van der Waals surface area contributed by atoms with Crippen molar-refractivity contribution in [3.63, 3.8) is 0 Å². The van der Waals surface area contributed by atoms with Gasteiger partial charge in [-0.2, -0.15) is 0 Å². The number of amides is 1. The molecule has 1 atom stereocenters. The van der Waals surface area contributed by atoms with Crippen molar-refractivity contribution in [2.24, 2.45) is 16.6 Å². The number of carbonyl (C=O) groups excluding carboxylic acids is 1. The second-order valence-electron chi connectivity index (χ2n) is 10.7. The first-order valence-corrected chi connectivity index (χ1v) is 13.8. The number of nitrogens with one attached hydrogen (secondary N) is 1. The molecule has 3 aliphatic rings. The smallest absolute Gasteiger partial charge is 0.254 e. The summed E-state index contributed by atoms with van der Waals surface area (Å²) in [6.45, 7) is 1.67. The fourth-order valence-corrected chi connectivity index (χ4v) is 5.51. The van der Waals surface area contributed by atoms with Crippen LogP contribution in [-0.2, 0) is 4.79 Å². The summed E-state index contributed by atoms with van der Waals surface area (Å²) in [6.07, 6.45) is 6.99. The van der Waals surface area contributed by atoms with Gasteiger partial charge in [-0.3, -0.25) is 9.79 Å². The highest BCUT2D eigenvalue weighted by molar-refractivity contribution is 6.12. The molecular formula is C31H34N6O2. The fourth-order valence-electron chi connectivity index (χ4n) is 5.51. The summed E-state index contributed by atoms with van der Waals surface area (Å²) in [7, 11) is 0. The molecule has 200 valence electrons. The molecule has 0 bridgehead atoms. The zero-order valence-electron chi connectivity index (χ0n) is 21.9. The number of nitrogens with two attached hydrogens (primary N) is 1. The van der Waals surface area contributed by atoms with Crippen molar-refractivity contribution in [1.29, 1.82) is 0 Å². The number of aliphatic imine (C=N–C) groups is 1. The Bertz CT molecular complexity index is 1320. The average molecular weight is 523 g/mol.